The number of piperazine rings is 1. The Balaban J connectivity index is 1.43. The van der Waals surface area contributed by atoms with Gasteiger partial charge in [-0.2, -0.15) is 0 Å². The van der Waals surface area contributed by atoms with Gasteiger partial charge >= 0.3 is 0 Å². The van der Waals surface area contributed by atoms with Crippen LogP contribution in [0.4, 0.5) is 0 Å². The Kier molecular flexibility index (Phi) is 6.53. The van der Waals surface area contributed by atoms with Crippen molar-refractivity contribution in [1.29, 1.82) is 0 Å². The number of fused-ring (bicyclic) bond motifs is 1. The molecule has 1 amide bonds. The lowest BCUT2D eigenvalue weighted by Crippen LogP contribution is -2.48. The molecule has 4 rings (SSSR count). The van der Waals surface area contributed by atoms with Crippen molar-refractivity contribution in [1.82, 2.24) is 14.8 Å². The summed E-state index contributed by atoms with van der Waals surface area (Å²) in [6.45, 7) is 7.66. The SMILES string of the molecule is C=CCc1cc(C(=O)N2CCN(Cc3nc4ccccc4s3)CC2)cc(OC)c1OC. The molecular formula is C24H27N3O3S. The number of thiazole rings is 1. The third kappa shape index (κ3) is 4.57. The summed E-state index contributed by atoms with van der Waals surface area (Å²) in [7, 11) is 3.20. The second-order valence-corrected chi connectivity index (χ2v) is 8.62. The average molecular weight is 438 g/mol. The molecular weight excluding hydrogens is 410 g/mol. The van der Waals surface area contributed by atoms with Gasteiger partial charge in [0.05, 0.1) is 31.0 Å². The maximum Gasteiger partial charge on any atom is 0.254 e. The zero-order valence-electron chi connectivity index (χ0n) is 18.0. The van der Waals surface area contributed by atoms with Gasteiger partial charge in [-0.25, -0.2) is 4.98 Å². The molecule has 0 atom stereocenters. The minimum absolute atomic E-state index is 0.0194. The van der Waals surface area contributed by atoms with Crippen LogP contribution < -0.4 is 9.47 Å². The lowest BCUT2D eigenvalue weighted by Gasteiger charge is -2.34. The quantitative estimate of drug-likeness (QED) is 0.523. The Labute approximate surface area is 186 Å². The van der Waals surface area contributed by atoms with Crippen molar-refractivity contribution in [2.45, 2.75) is 13.0 Å². The Morgan fingerprint density at radius 1 is 1.16 bits per heavy atom. The summed E-state index contributed by atoms with van der Waals surface area (Å²) >= 11 is 1.74. The van der Waals surface area contributed by atoms with Crippen molar-refractivity contribution in [3.63, 3.8) is 0 Å². The molecule has 2 heterocycles. The van der Waals surface area contributed by atoms with E-state index in [9.17, 15) is 4.79 Å². The second kappa shape index (κ2) is 9.49. The van der Waals surface area contributed by atoms with E-state index < -0.39 is 0 Å². The van der Waals surface area contributed by atoms with E-state index in [1.807, 2.05) is 23.1 Å². The zero-order valence-corrected chi connectivity index (χ0v) is 18.8. The highest BCUT2D eigenvalue weighted by Gasteiger charge is 2.24. The lowest BCUT2D eigenvalue weighted by atomic mass is 10.0. The molecule has 1 aromatic heterocycles. The van der Waals surface area contributed by atoms with Gasteiger partial charge in [-0.3, -0.25) is 9.69 Å². The first kappa shape index (κ1) is 21.3. The number of benzene rings is 2. The van der Waals surface area contributed by atoms with Crippen LogP contribution in [0.1, 0.15) is 20.9 Å². The monoisotopic (exact) mass is 437 g/mol. The molecule has 0 spiro atoms. The molecule has 0 N–H and O–H groups in total. The van der Waals surface area contributed by atoms with Crippen molar-refractivity contribution < 1.29 is 14.3 Å². The first-order chi connectivity index (χ1) is 15.1. The van der Waals surface area contributed by atoms with E-state index in [0.717, 1.165) is 35.7 Å². The minimum Gasteiger partial charge on any atom is -0.493 e. The number of para-hydroxylation sites is 1. The fourth-order valence-corrected chi connectivity index (χ4v) is 4.95. The van der Waals surface area contributed by atoms with Gasteiger partial charge in [0.15, 0.2) is 11.5 Å². The van der Waals surface area contributed by atoms with Gasteiger partial charge in [-0.15, -0.1) is 17.9 Å². The number of allylic oxidation sites excluding steroid dienone is 1. The standard InChI is InChI=1S/C24H27N3O3S/c1-4-7-17-14-18(15-20(29-2)23(17)30-3)24(28)27-12-10-26(11-13-27)16-22-25-19-8-5-6-9-21(19)31-22/h4-6,8-9,14-15H,1,7,10-13,16H2,2-3H3. The van der Waals surface area contributed by atoms with Crippen LogP contribution >= 0.6 is 11.3 Å². The Bertz CT molecular complexity index is 1050. The van der Waals surface area contributed by atoms with E-state index in [4.69, 9.17) is 14.5 Å². The van der Waals surface area contributed by atoms with Crippen LogP contribution in [-0.4, -0.2) is 61.1 Å². The van der Waals surface area contributed by atoms with Gasteiger partial charge in [-0.05, 0) is 30.7 Å². The van der Waals surface area contributed by atoms with Crippen LogP contribution in [0.3, 0.4) is 0 Å². The maximum atomic E-state index is 13.2. The summed E-state index contributed by atoms with van der Waals surface area (Å²) in [6.07, 6.45) is 2.41. The average Bonchev–Trinajstić information content (AvgIpc) is 3.21. The fraction of sp³-hybridized carbons (Fsp3) is 0.333. The smallest absolute Gasteiger partial charge is 0.254 e. The van der Waals surface area contributed by atoms with E-state index in [1.54, 1.807) is 37.7 Å². The van der Waals surface area contributed by atoms with Gasteiger partial charge in [0.2, 0.25) is 0 Å². The molecule has 0 saturated carbocycles. The highest BCUT2D eigenvalue weighted by atomic mass is 32.1. The summed E-state index contributed by atoms with van der Waals surface area (Å²) in [5.41, 5.74) is 2.57. The number of amides is 1. The summed E-state index contributed by atoms with van der Waals surface area (Å²) in [6, 6.07) is 11.9. The third-order valence-corrected chi connectivity index (χ3v) is 6.54. The Hall–Kier alpha value is -2.90. The molecule has 1 saturated heterocycles. The number of ether oxygens (including phenoxy) is 2. The topological polar surface area (TPSA) is 54.9 Å². The highest BCUT2D eigenvalue weighted by Crippen LogP contribution is 2.33. The molecule has 0 aliphatic carbocycles. The summed E-state index contributed by atoms with van der Waals surface area (Å²) in [5.74, 6) is 1.24. The van der Waals surface area contributed by atoms with Crippen molar-refractivity contribution in [3.05, 3.63) is 65.2 Å². The summed E-state index contributed by atoms with van der Waals surface area (Å²) in [4.78, 5) is 22.2. The number of nitrogens with zero attached hydrogens (tertiary/aromatic N) is 3. The van der Waals surface area contributed by atoms with E-state index in [2.05, 4.69) is 23.6 Å². The van der Waals surface area contributed by atoms with Gasteiger partial charge < -0.3 is 14.4 Å². The Morgan fingerprint density at radius 2 is 1.94 bits per heavy atom. The van der Waals surface area contributed by atoms with Gasteiger partial charge in [0.1, 0.15) is 5.01 Å². The van der Waals surface area contributed by atoms with Crippen LogP contribution in [0.2, 0.25) is 0 Å². The molecule has 7 heteroatoms. The van der Waals surface area contributed by atoms with Gasteiger partial charge in [-0.1, -0.05) is 18.2 Å². The van der Waals surface area contributed by atoms with Crippen molar-refractivity contribution in [2.24, 2.45) is 0 Å². The number of hydrogen-bond donors (Lipinski definition) is 0. The number of methoxy groups -OCH3 is 2. The molecule has 2 aromatic carbocycles. The van der Waals surface area contributed by atoms with E-state index >= 15 is 0 Å². The molecule has 1 fully saturated rings. The maximum absolute atomic E-state index is 13.2. The zero-order chi connectivity index (χ0) is 21.8. The largest absolute Gasteiger partial charge is 0.493 e. The van der Waals surface area contributed by atoms with Crippen molar-refractivity contribution >= 4 is 27.5 Å². The first-order valence-electron chi connectivity index (χ1n) is 10.3. The normalized spacial score (nSPS) is 14.6. The summed E-state index contributed by atoms with van der Waals surface area (Å²) < 4.78 is 12.2. The Morgan fingerprint density at radius 3 is 2.61 bits per heavy atom. The molecule has 6 nitrogen and oxygen atoms in total. The number of aromatic nitrogens is 1. The molecule has 0 radical (unpaired) electrons. The second-order valence-electron chi connectivity index (χ2n) is 7.51. The van der Waals surface area contributed by atoms with Crippen LogP contribution in [0, 0.1) is 0 Å². The molecule has 0 unspecified atom stereocenters. The highest BCUT2D eigenvalue weighted by molar-refractivity contribution is 7.18. The van der Waals surface area contributed by atoms with Crippen LogP contribution in [-0.2, 0) is 13.0 Å². The van der Waals surface area contributed by atoms with E-state index in [1.165, 1.54) is 4.70 Å². The molecule has 1 aliphatic rings. The van der Waals surface area contributed by atoms with E-state index in [-0.39, 0.29) is 5.91 Å². The first-order valence-corrected chi connectivity index (χ1v) is 11.2. The molecule has 0 bridgehead atoms. The fourth-order valence-electron chi connectivity index (χ4n) is 3.94. The lowest BCUT2D eigenvalue weighted by molar-refractivity contribution is 0.0628. The summed E-state index contributed by atoms with van der Waals surface area (Å²) in [5, 5.41) is 1.12. The number of hydrogen-bond acceptors (Lipinski definition) is 6. The molecule has 3 aromatic rings. The van der Waals surface area contributed by atoms with Crippen LogP contribution in [0.5, 0.6) is 11.5 Å². The van der Waals surface area contributed by atoms with Crippen molar-refractivity contribution in [2.75, 3.05) is 40.4 Å². The minimum atomic E-state index is 0.0194. The number of carbonyl (C=O) groups is 1. The van der Waals surface area contributed by atoms with E-state index in [0.29, 0.717) is 36.6 Å². The number of rotatable bonds is 7. The van der Waals surface area contributed by atoms with Crippen molar-refractivity contribution in [3.8, 4) is 11.5 Å². The van der Waals surface area contributed by atoms with Crippen LogP contribution in [0.25, 0.3) is 10.2 Å². The molecule has 1 aliphatic heterocycles. The van der Waals surface area contributed by atoms with Crippen LogP contribution in [0.15, 0.2) is 49.1 Å². The third-order valence-electron chi connectivity index (χ3n) is 5.52. The number of carbonyl (C=O) groups excluding carboxylic acids is 1. The molecule has 162 valence electrons. The van der Waals surface area contributed by atoms with Gasteiger partial charge in [0, 0.05) is 37.3 Å². The van der Waals surface area contributed by atoms with Gasteiger partial charge in [0.25, 0.3) is 5.91 Å². The predicted molar refractivity (Wildman–Crippen MR) is 124 cm³/mol. The predicted octanol–water partition coefficient (Wildman–Crippen LogP) is 4.00. The molecule has 31 heavy (non-hydrogen) atoms.